The Kier molecular flexibility index (Phi) is 14.1. The van der Waals surface area contributed by atoms with Gasteiger partial charge >= 0.3 is 5.97 Å². The summed E-state index contributed by atoms with van der Waals surface area (Å²) in [6.45, 7) is 10.1. The molecule has 2 N–H and O–H groups in total. The SMILES string of the molecule is CCNC(=NCCCCCCC(=O)OC(C)(C)C)NCCc1ccco1.I. The molecular weight excluding hydrogens is 457 g/mol. The predicted octanol–water partition coefficient (Wildman–Crippen LogP) is 4.29. The third-order valence-electron chi connectivity index (χ3n) is 3.57. The molecule has 0 aliphatic rings. The van der Waals surface area contributed by atoms with Crippen molar-refractivity contribution in [2.45, 2.75) is 71.8 Å². The Hall–Kier alpha value is -1.25. The van der Waals surface area contributed by atoms with Crippen molar-refractivity contribution in [3.63, 3.8) is 0 Å². The number of carbonyl (C=O) groups is 1. The minimum Gasteiger partial charge on any atom is -0.469 e. The van der Waals surface area contributed by atoms with Gasteiger partial charge in [0.05, 0.1) is 6.26 Å². The lowest BCUT2D eigenvalue weighted by atomic mass is 10.1. The zero-order valence-corrected chi connectivity index (χ0v) is 19.5. The highest BCUT2D eigenvalue weighted by Crippen LogP contribution is 2.11. The largest absolute Gasteiger partial charge is 0.469 e. The van der Waals surface area contributed by atoms with Gasteiger partial charge in [-0.05, 0) is 52.7 Å². The number of rotatable bonds is 11. The molecular formula is C20H36IN3O3. The fourth-order valence-corrected chi connectivity index (χ4v) is 2.42. The first-order valence-corrected chi connectivity index (χ1v) is 9.67. The van der Waals surface area contributed by atoms with Crippen molar-refractivity contribution in [3.05, 3.63) is 24.2 Å². The molecule has 0 unspecified atom stereocenters. The van der Waals surface area contributed by atoms with Crippen LogP contribution < -0.4 is 10.6 Å². The lowest BCUT2D eigenvalue weighted by Crippen LogP contribution is -2.38. The first-order chi connectivity index (χ1) is 12.4. The second kappa shape index (κ2) is 14.8. The monoisotopic (exact) mass is 493 g/mol. The van der Waals surface area contributed by atoms with E-state index in [9.17, 15) is 4.79 Å². The number of carbonyl (C=O) groups excluding carboxylic acids is 1. The van der Waals surface area contributed by atoms with Gasteiger partial charge in [-0.3, -0.25) is 9.79 Å². The summed E-state index contributed by atoms with van der Waals surface area (Å²) in [5, 5.41) is 6.56. The van der Waals surface area contributed by atoms with Crippen LogP contribution in [0.5, 0.6) is 0 Å². The van der Waals surface area contributed by atoms with Crippen LogP contribution in [0, 0.1) is 0 Å². The molecule has 0 aliphatic carbocycles. The number of nitrogens with zero attached hydrogens (tertiary/aromatic N) is 1. The van der Waals surface area contributed by atoms with E-state index in [1.807, 2.05) is 32.9 Å². The van der Waals surface area contributed by atoms with Gasteiger partial charge in [-0.1, -0.05) is 12.8 Å². The molecule has 7 heteroatoms. The maximum atomic E-state index is 11.6. The van der Waals surface area contributed by atoms with Crippen molar-refractivity contribution >= 4 is 35.9 Å². The van der Waals surface area contributed by atoms with Gasteiger partial charge in [0.2, 0.25) is 0 Å². The van der Waals surface area contributed by atoms with Crippen LogP contribution in [0.3, 0.4) is 0 Å². The number of aliphatic imine (C=N–C) groups is 1. The van der Waals surface area contributed by atoms with E-state index in [4.69, 9.17) is 9.15 Å². The zero-order valence-electron chi connectivity index (χ0n) is 17.2. The van der Waals surface area contributed by atoms with Crippen LogP contribution >= 0.6 is 24.0 Å². The number of halogens is 1. The minimum absolute atomic E-state index is 0. The molecule has 27 heavy (non-hydrogen) atoms. The fourth-order valence-electron chi connectivity index (χ4n) is 2.42. The molecule has 6 nitrogen and oxygen atoms in total. The molecule has 0 saturated heterocycles. The molecule has 0 aliphatic heterocycles. The zero-order chi connectivity index (χ0) is 19.3. The maximum Gasteiger partial charge on any atom is 0.306 e. The molecule has 156 valence electrons. The van der Waals surface area contributed by atoms with Crippen LogP contribution in [0.15, 0.2) is 27.8 Å². The van der Waals surface area contributed by atoms with Crippen molar-refractivity contribution in [2.75, 3.05) is 19.6 Å². The summed E-state index contributed by atoms with van der Waals surface area (Å²) in [6, 6.07) is 3.88. The Bertz CT molecular complexity index is 525. The Morgan fingerprint density at radius 1 is 1.19 bits per heavy atom. The average Bonchev–Trinajstić information content (AvgIpc) is 3.05. The van der Waals surface area contributed by atoms with Gasteiger partial charge in [-0.2, -0.15) is 0 Å². The topological polar surface area (TPSA) is 75.9 Å². The van der Waals surface area contributed by atoms with Crippen LogP contribution in [0.25, 0.3) is 0 Å². The third kappa shape index (κ3) is 14.5. The van der Waals surface area contributed by atoms with E-state index < -0.39 is 5.60 Å². The number of unbranched alkanes of at least 4 members (excludes halogenated alkanes) is 3. The lowest BCUT2D eigenvalue weighted by molar-refractivity contribution is -0.154. The molecule has 0 fully saturated rings. The van der Waals surface area contributed by atoms with Crippen molar-refractivity contribution in [1.29, 1.82) is 0 Å². The number of ether oxygens (including phenoxy) is 1. The van der Waals surface area contributed by atoms with E-state index in [0.717, 1.165) is 63.5 Å². The summed E-state index contributed by atoms with van der Waals surface area (Å²) in [5.41, 5.74) is -0.390. The standard InChI is InChI=1S/C20H35N3O3.HI/c1-5-21-19(23-15-13-17-11-10-16-25-17)22-14-9-7-6-8-12-18(24)26-20(2,3)4;/h10-11,16H,5-9,12-15H2,1-4H3,(H2,21,22,23);1H. The van der Waals surface area contributed by atoms with Gasteiger partial charge in [-0.25, -0.2) is 0 Å². The summed E-state index contributed by atoms with van der Waals surface area (Å²) in [6.07, 6.45) is 7.01. The number of guanidine groups is 1. The van der Waals surface area contributed by atoms with E-state index in [2.05, 4.69) is 22.5 Å². The molecule has 1 rings (SSSR count). The molecule has 0 bridgehead atoms. The number of furan rings is 1. The van der Waals surface area contributed by atoms with Crippen LogP contribution in [-0.2, 0) is 16.0 Å². The number of hydrogen-bond donors (Lipinski definition) is 2. The maximum absolute atomic E-state index is 11.6. The molecule has 1 heterocycles. The van der Waals surface area contributed by atoms with Gasteiger partial charge < -0.3 is 19.8 Å². The van der Waals surface area contributed by atoms with Gasteiger partial charge in [0.1, 0.15) is 11.4 Å². The quantitative estimate of drug-likeness (QED) is 0.158. The van der Waals surface area contributed by atoms with Gasteiger partial charge in [0.25, 0.3) is 0 Å². The molecule has 1 aromatic rings. The van der Waals surface area contributed by atoms with E-state index in [0.29, 0.717) is 6.42 Å². The van der Waals surface area contributed by atoms with Crippen LogP contribution in [0.4, 0.5) is 0 Å². The molecule has 0 radical (unpaired) electrons. The average molecular weight is 493 g/mol. The Morgan fingerprint density at radius 2 is 1.93 bits per heavy atom. The minimum atomic E-state index is -0.390. The lowest BCUT2D eigenvalue weighted by Gasteiger charge is -2.19. The van der Waals surface area contributed by atoms with Crippen LogP contribution in [-0.4, -0.2) is 37.2 Å². The number of hydrogen-bond acceptors (Lipinski definition) is 4. The smallest absolute Gasteiger partial charge is 0.306 e. The van der Waals surface area contributed by atoms with Crippen LogP contribution in [0.2, 0.25) is 0 Å². The van der Waals surface area contributed by atoms with Crippen molar-refractivity contribution in [2.24, 2.45) is 4.99 Å². The Balaban J connectivity index is 0.00000676. The van der Waals surface area contributed by atoms with E-state index >= 15 is 0 Å². The normalized spacial score (nSPS) is 11.6. The molecule has 1 aromatic heterocycles. The first kappa shape index (κ1) is 25.8. The summed E-state index contributed by atoms with van der Waals surface area (Å²) in [5.74, 6) is 1.71. The fraction of sp³-hybridized carbons (Fsp3) is 0.700. The van der Waals surface area contributed by atoms with E-state index in [1.54, 1.807) is 6.26 Å². The molecule has 0 aromatic carbocycles. The van der Waals surface area contributed by atoms with Gasteiger partial charge in [0, 0.05) is 32.5 Å². The van der Waals surface area contributed by atoms with Gasteiger partial charge in [0.15, 0.2) is 5.96 Å². The van der Waals surface area contributed by atoms with Crippen molar-refractivity contribution in [1.82, 2.24) is 10.6 Å². The molecule has 0 saturated carbocycles. The second-order valence-corrected chi connectivity index (χ2v) is 7.27. The number of nitrogens with one attached hydrogen (secondary N) is 2. The van der Waals surface area contributed by atoms with Crippen molar-refractivity contribution in [3.8, 4) is 0 Å². The summed E-state index contributed by atoms with van der Waals surface area (Å²) >= 11 is 0. The highest BCUT2D eigenvalue weighted by Gasteiger charge is 2.15. The molecule has 0 amide bonds. The highest BCUT2D eigenvalue weighted by atomic mass is 127. The van der Waals surface area contributed by atoms with E-state index in [-0.39, 0.29) is 29.9 Å². The number of esters is 1. The summed E-state index contributed by atoms with van der Waals surface area (Å²) < 4.78 is 10.6. The van der Waals surface area contributed by atoms with E-state index in [1.165, 1.54) is 0 Å². The van der Waals surface area contributed by atoms with Crippen molar-refractivity contribution < 1.29 is 13.9 Å². The van der Waals surface area contributed by atoms with Gasteiger partial charge in [-0.15, -0.1) is 24.0 Å². The predicted molar refractivity (Wildman–Crippen MR) is 121 cm³/mol. The second-order valence-electron chi connectivity index (χ2n) is 7.27. The molecule has 0 atom stereocenters. The Labute approximate surface area is 180 Å². The summed E-state index contributed by atoms with van der Waals surface area (Å²) in [7, 11) is 0. The Morgan fingerprint density at radius 3 is 2.56 bits per heavy atom. The highest BCUT2D eigenvalue weighted by molar-refractivity contribution is 14.0. The summed E-state index contributed by atoms with van der Waals surface area (Å²) in [4.78, 5) is 16.2. The third-order valence-corrected chi connectivity index (χ3v) is 3.57. The van der Waals surface area contributed by atoms with Crippen LogP contribution in [0.1, 0.15) is 65.6 Å². The molecule has 0 spiro atoms. The first-order valence-electron chi connectivity index (χ1n) is 9.67.